The molecule has 0 bridgehead atoms. The van der Waals surface area contributed by atoms with Crippen LogP contribution in [0, 0.1) is 5.82 Å². The third-order valence-electron chi connectivity index (χ3n) is 1.38. The molecular weight excluding hydrogens is 206 g/mol. The Morgan fingerprint density at radius 2 is 2.00 bits per heavy atom. The fraction of sp³-hybridized carbons (Fsp3) is 0.143. The molecule has 0 aliphatic heterocycles. The predicted octanol–water partition coefficient (Wildman–Crippen LogP) is 1.94. The number of carboxylic acid groups (broad SMARTS) is 1. The Labute approximate surface area is 75.0 Å². The van der Waals surface area contributed by atoms with E-state index in [4.69, 9.17) is 5.11 Å². The van der Waals surface area contributed by atoms with Gasteiger partial charge in [0.15, 0.2) is 5.82 Å². The van der Waals surface area contributed by atoms with Crippen LogP contribution in [0.15, 0.2) is 12.3 Å². The summed E-state index contributed by atoms with van der Waals surface area (Å²) in [5.41, 5.74) is -2.48. The molecule has 0 aliphatic rings. The molecule has 0 atom stereocenters. The number of nitrogens with zero attached hydrogens (tertiary/aromatic N) is 1. The maximum atomic E-state index is 12.6. The van der Waals surface area contributed by atoms with Gasteiger partial charge in [0.25, 0.3) is 0 Å². The monoisotopic (exact) mass is 209 g/mol. The summed E-state index contributed by atoms with van der Waals surface area (Å²) in [5, 5.41) is 8.31. The third-order valence-corrected chi connectivity index (χ3v) is 1.38. The Bertz CT molecular complexity index is 374. The lowest BCUT2D eigenvalue weighted by atomic mass is 10.2. The molecule has 14 heavy (non-hydrogen) atoms. The average molecular weight is 209 g/mol. The lowest BCUT2D eigenvalue weighted by Gasteiger charge is -2.07. The number of carbonyl (C=O) groups is 1. The van der Waals surface area contributed by atoms with E-state index in [1.165, 1.54) is 0 Å². The first-order valence-corrected chi connectivity index (χ1v) is 3.28. The zero-order valence-corrected chi connectivity index (χ0v) is 6.47. The molecule has 0 saturated carbocycles. The summed E-state index contributed by atoms with van der Waals surface area (Å²) in [6.07, 6.45) is -4.69. The Morgan fingerprint density at radius 1 is 1.43 bits per heavy atom. The van der Waals surface area contributed by atoms with Gasteiger partial charge in [-0.2, -0.15) is 13.2 Å². The highest BCUT2D eigenvalue weighted by atomic mass is 19.4. The van der Waals surface area contributed by atoms with Gasteiger partial charge >= 0.3 is 12.1 Å². The number of alkyl halides is 3. The number of hydrogen-bond acceptors (Lipinski definition) is 2. The van der Waals surface area contributed by atoms with Crippen LogP contribution in [0.2, 0.25) is 0 Å². The maximum absolute atomic E-state index is 12.6. The van der Waals surface area contributed by atoms with E-state index in [1.807, 2.05) is 0 Å². The highest BCUT2D eigenvalue weighted by molar-refractivity contribution is 5.85. The van der Waals surface area contributed by atoms with Crippen molar-refractivity contribution in [1.82, 2.24) is 4.98 Å². The van der Waals surface area contributed by atoms with Gasteiger partial charge < -0.3 is 5.11 Å². The second-order valence-electron chi connectivity index (χ2n) is 2.35. The summed E-state index contributed by atoms with van der Waals surface area (Å²) < 4.78 is 48.6. The molecule has 0 radical (unpaired) electrons. The Kier molecular flexibility index (Phi) is 2.41. The molecule has 76 valence electrons. The maximum Gasteiger partial charge on any atom is 0.419 e. The molecule has 0 fully saturated rings. The second kappa shape index (κ2) is 3.24. The number of rotatable bonds is 1. The number of halogens is 4. The smallest absolute Gasteiger partial charge is 0.419 e. The molecule has 3 nitrogen and oxygen atoms in total. The van der Waals surface area contributed by atoms with Crippen molar-refractivity contribution in [3.8, 4) is 0 Å². The molecule has 0 aromatic carbocycles. The van der Waals surface area contributed by atoms with Crippen molar-refractivity contribution in [2.24, 2.45) is 0 Å². The molecule has 1 heterocycles. The van der Waals surface area contributed by atoms with E-state index in [1.54, 1.807) is 0 Å². The van der Waals surface area contributed by atoms with Crippen molar-refractivity contribution in [3.63, 3.8) is 0 Å². The number of aromatic carboxylic acids is 1. The summed E-state index contributed by atoms with van der Waals surface area (Å²) in [7, 11) is 0. The van der Waals surface area contributed by atoms with Gasteiger partial charge in [-0.1, -0.05) is 0 Å². The summed E-state index contributed by atoms with van der Waals surface area (Å²) >= 11 is 0. The first-order chi connectivity index (χ1) is 6.32. The number of aromatic nitrogens is 1. The zero-order chi connectivity index (χ0) is 10.9. The minimum absolute atomic E-state index is 0.150. The molecule has 7 heteroatoms. The highest BCUT2D eigenvalue weighted by Crippen LogP contribution is 2.31. The van der Waals surface area contributed by atoms with Crippen LogP contribution < -0.4 is 0 Å². The van der Waals surface area contributed by atoms with Crippen molar-refractivity contribution in [2.75, 3.05) is 0 Å². The Balaban J connectivity index is 3.29. The SMILES string of the molecule is O=C(O)c1cc(C(F)(F)F)c(F)cn1. The van der Waals surface area contributed by atoms with Crippen LogP contribution in [0.1, 0.15) is 16.1 Å². The first-order valence-electron chi connectivity index (χ1n) is 3.28. The van der Waals surface area contributed by atoms with Gasteiger partial charge in [-0.3, -0.25) is 0 Å². The number of pyridine rings is 1. The quantitative estimate of drug-likeness (QED) is 0.719. The van der Waals surface area contributed by atoms with Crippen LogP contribution >= 0.6 is 0 Å². The van der Waals surface area contributed by atoms with Crippen LogP contribution in [0.5, 0.6) is 0 Å². The van der Waals surface area contributed by atoms with Crippen molar-refractivity contribution in [3.05, 3.63) is 29.3 Å². The first kappa shape index (κ1) is 10.4. The zero-order valence-electron chi connectivity index (χ0n) is 6.47. The van der Waals surface area contributed by atoms with Gasteiger partial charge in [-0.05, 0) is 6.07 Å². The fourth-order valence-corrected chi connectivity index (χ4v) is 0.773. The normalized spacial score (nSPS) is 11.4. The van der Waals surface area contributed by atoms with Crippen molar-refractivity contribution < 1.29 is 27.5 Å². The third kappa shape index (κ3) is 1.98. The van der Waals surface area contributed by atoms with Crippen LogP contribution in [0.3, 0.4) is 0 Å². The molecule has 0 saturated heterocycles. The standard InChI is InChI=1S/C7H3F4NO2/c8-4-2-12-5(6(13)14)1-3(4)7(9,10)11/h1-2H,(H,13,14). The predicted molar refractivity (Wildman–Crippen MR) is 36.2 cm³/mol. The van der Waals surface area contributed by atoms with E-state index < -0.39 is 29.2 Å². The summed E-state index contributed by atoms with van der Waals surface area (Å²) in [4.78, 5) is 13.2. The van der Waals surface area contributed by atoms with E-state index in [9.17, 15) is 22.4 Å². The Hall–Kier alpha value is -1.66. The van der Waals surface area contributed by atoms with Crippen LogP contribution in [-0.2, 0) is 6.18 Å². The van der Waals surface area contributed by atoms with Crippen molar-refractivity contribution in [1.29, 1.82) is 0 Å². The molecule has 1 aromatic heterocycles. The lowest BCUT2D eigenvalue weighted by Crippen LogP contribution is -2.11. The van der Waals surface area contributed by atoms with Crippen molar-refractivity contribution >= 4 is 5.97 Å². The molecule has 1 aromatic rings. The summed E-state index contributed by atoms with van der Waals surface area (Å²) in [5.74, 6) is -3.24. The number of hydrogen-bond donors (Lipinski definition) is 1. The van der Waals surface area contributed by atoms with E-state index in [0.717, 1.165) is 0 Å². The van der Waals surface area contributed by atoms with Crippen LogP contribution in [0.4, 0.5) is 17.6 Å². The van der Waals surface area contributed by atoms with Gasteiger partial charge in [-0.15, -0.1) is 0 Å². The molecule has 0 spiro atoms. The van der Waals surface area contributed by atoms with E-state index in [2.05, 4.69) is 4.98 Å². The van der Waals surface area contributed by atoms with Crippen LogP contribution in [-0.4, -0.2) is 16.1 Å². The Morgan fingerprint density at radius 3 is 2.43 bits per heavy atom. The van der Waals surface area contributed by atoms with Gasteiger partial charge in [0.1, 0.15) is 5.69 Å². The second-order valence-corrected chi connectivity index (χ2v) is 2.35. The minimum atomic E-state index is -4.92. The average Bonchev–Trinajstić information content (AvgIpc) is 2.02. The summed E-state index contributed by atoms with van der Waals surface area (Å²) in [6, 6.07) is 0.150. The van der Waals surface area contributed by atoms with E-state index in [0.29, 0.717) is 0 Å². The lowest BCUT2D eigenvalue weighted by molar-refractivity contribution is -0.140. The molecular formula is C7H3F4NO2. The van der Waals surface area contributed by atoms with Gasteiger partial charge in [0, 0.05) is 0 Å². The van der Waals surface area contributed by atoms with E-state index >= 15 is 0 Å². The molecule has 1 N–H and O–H groups in total. The topological polar surface area (TPSA) is 50.2 Å². The van der Waals surface area contributed by atoms with Gasteiger partial charge in [0.05, 0.1) is 11.8 Å². The highest BCUT2D eigenvalue weighted by Gasteiger charge is 2.35. The van der Waals surface area contributed by atoms with Gasteiger partial charge in [-0.25, -0.2) is 14.2 Å². The van der Waals surface area contributed by atoms with Crippen molar-refractivity contribution in [2.45, 2.75) is 6.18 Å². The van der Waals surface area contributed by atoms with Gasteiger partial charge in [0.2, 0.25) is 0 Å². The number of carboxylic acids is 1. The largest absolute Gasteiger partial charge is 0.477 e. The van der Waals surface area contributed by atoms with Crippen LogP contribution in [0.25, 0.3) is 0 Å². The molecule has 1 rings (SSSR count). The van der Waals surface area contributed by atoms with E-state index in [-0.39, 0.29) is 12.3 Å². The molecule has 0 aliphatic carbocycles. The fourth-order valence-electron chi connectivity index (χ4n) is 0.773. The summed E-state index contributed by atoms with van der Waals surface area (Å²) in [6.45, 7) is 0. The minimum Gasteiger partial charge on any atom is -0.477 e. The molecule has 0 amide bonds. The molecule has 0 unspecified atom stereocenters.